The lowest BCUT2D eigenvalue weighted by Crippen LogP contribution is -2.22. The van der Waals surface area contributed by atoms with Gasteiger partial charge < -0.3 is 4.74 Å². The fourth-order valence-electron chi connectivity index (χ4n) is 0.784. The number of hydrogen-bond donors (Lipinski definition) is 0. The van der Waals surface area contributed by atoms with Gasteiger partial charge in [-0.15, -0.1) is 0 Å². The Labute approximate surface area is 88.2 Å². The topological polar surface area (TPSA) is 9.23 Å². The van der Waals surface area contributed by atoms with Gasteiger partial charge in [0.05, 0.1) is 0 Å². The third kappa shape index (κ3) is 5.63. The van der Waals surface area contributed by atoms with Gasteiger partial charge in [0.1, 0.15) is 11.4 Å². The third-order valence-electron chi connectivity index (χ3n) is 2.03. The summed E-state index contributed by atoms with van der Waals surface area (Å²) >= 11 is 0. The first-order chi connectivity index (χ1) is 6.41. The molecule has 0 aromatic heterocycles. The Morgan fingerprint density at radius 3 is 2.21 bits per heavy atom. The molecule has 1 nitrogen and oxygen atoms in total. The highest BCUT2D eigenvalue weighted by atomic mass is 16.5. The molecule has 0 saturated heterocycles. The lowest BCUT2D eigenvalue weighted by atomic mass is 10.1. The molecule has 0 unspecified atom stereocenters. The quantitative estimate of drug-likeness (QED) is 0.470. The van der Waals surface area contributed by atoms with Gasteiger partial charge in [-0.3, -0.25) is 0 Å². The predicted octanol–water partition coefficient (Wildman–Crippen LogP) is 4.23. The van der Waals surface area contributed by atoms with Gasteiger partial charge in [0.15, 0.2) is 0 Å². The van der Waals surface area contributed by atoms with Crippen LogP contribution in [-0.2, 0) is 4.74 Å². The molecule has 0 aromatic carbocycles. The van der Waals surface area contributed by atoms with Crippen LogP contribution in [0.4, 0.5) is 0 Å². The minimum absolute atomic E-state index is 0.116. The Bertz CT molecular complexity index is 240. The fourth-order valence-corrected chi connectivity index (χ4v) is 0.784. The molecule has 0 aliphatic rings. The summed E-state index contributed by atoms with van der Waals surface area (Å²) in [5.74, 6) is 0.832. The number of hydrogen-bond acceptors (Lipinski definition) is 1. The predicted molar refractivity (Wildman–Crippen MR) is 63.2 cm³/mol. The number of ether oxygens (including phenoxy) is 1. The van der Waals surface area contributed by atoms with Gasteiger partial charge in [-0.05, 0) is 46.3 Å². The van der Waals surface area contributed by atoms with E-state index in [0.717, 1.165) is 12.2 Å². The molecule has 0 spiro atoms. The molecular formula is C13H22O. The highest BCUT2D eigenvalue weighted by Crippen LogP contribution is 2.18. The lowest BCUT2D eigenvalue weighted by molar-refractivity contribution is 0.0389. The van der Waals surface area contributed by atoms with Crippen LogP contribution in [0.15, 0.2) is 36.1 Å². The maximum absolute atomic E-state index is 5.79. The first-order valence-corrected chi connectivity index (χ1v) is 5.08. The van der Waals surface area contributed by atoms with E-state index in [-0.39, 0.29) is 5.60 Å². The molecule has 0 atom stereocenters. The summed E-state index contributed by atoms with van der Waals surface area (Å²) in [7, 11) is 0. The second kappa shape index (κ2) is 5.69. The molecule has 0 rings (SSSR count). The molecule has 0 bridgehead atoms. The molecule has 1 heteroatoms. The molecule has 14 heavy (non-hydrogen) atoms. The van der Waals surface area contributed by atoms with Crippen molar-refractivity contribution < 1.29 is 4.74 Å². The van der Waals surface area contributed by atoms with E-state index < -0.39 is 0 Å². The van der Waals surface area contributed by atoms with Crippen molar-refractivity contribution in [1.29, 1.82) is 0 Å². The van der Waals surface area contributed by atoms with E-state index in [1.54, 1.807) is 6.08 Å². The van der Waals surface area contributed by atoms with Gasteiger partial charge >= 0.3 is 0 Å². The molecule has 0 heterocycles. The Hall–Kier alpha value is -0.980. The average Bonchev–Trinajstić information content (AvgIpc) is 2.12. The van der Waals surface area contributed by atoms with Crippen molar-refractivity contribution >= 4 is 0 Å². The summed E-state index contributed by atoms with van der Waals surface area (Å²) in [6.07, 6.45) is 6.71. The molecule has 0 aliphatic heterocycles. The van der Waals surface area contributed by atoms with E-state index in [1.807, 2.05) is 12.2 Å². The zero-order valence-corrected chi connectivity index (χ0v) is 10.1. The average molecular weight is 194 g/mol. The second-order valence-corrected chi connectivity index (χ2v) is 4.23. The van der Waals surface area contributed by atoms with E-state index >= 15 is 0 Å². The van der Waals surface area contributed by atoms with Crippen molar-refractivity contribution in [3.63, 3.8) is 0 Å². The number of rotatable bonds is 5. The Kier molecular flexibility index (Phi) is 5.29. The zero-order valence-electron chi connectivity index (χ0n) is 10.1. The standard InChI is InChI=1S/C13H22O/c1-7-12(10-9-11(3)4)14-13(5,6)8-2/h7,9-10H,1,8H2,2-6H3/b12-10+. The monoisotopic (exact) mass is 194 g/mol. The van der Waals surface area contributed by atoms with Crippen LogP contribution in [0.1, 0.15) is 41.0 Å². The van der Waals surface area contributed by atoms with Gasteiger partial charge in [0.2, 0.25) is 0 Å². The largest absolute Gasteiger partial charge is 0.488 e. The minimum atomic E-state index is -0.116. The first kappa shape index (κ1) is 13.0. The summed E-state index contributed by atoms with van der Waals surface area (Å²) in [5, 5.41) is 0. The number of allylic oxidation sites excluding steroid dienone is 4. The molecule has 80 valence electrons. The van der Waals surface area contributed by atoms with E-state index in [0.29, 0.717) is 0 Å². The molecule has 0 saturated carbocycles. The van der Waals surface area contributed by atoms with Gasteiger partial charge in [0.25, 0.3) is 0 Å². The molecule has 0 fully saturated rings. The molecule has 0 N–H and O–H groups in total. The third-order valence-corrected chi connectivity index (χ3v) is 2.03. The fraction of sp³-hybridized carbons (Fsp3) is 0.538. The van der Waals surface area contributed by atoms with E-state index in [4.69, 9.17) is 4.74 Å². The highest BCUT2D eigenvalue weighted by molar-refractivity contribution is 5.19. The van der Waals surface area contributed by atoms with E-state index in [9.17, 15) is 0 Å². The van der Waals surface area contributed by atoms with Crippen LogP contribution in [-0.4, -0.2) is 5.60 Å². The van der Waals surface area contributed by atoms with Crippen LogP contribution in [0, 0.1) is 0 Å². The lowest BCUT2D eigenvalue weighted by Gasteiger charge is -2.25. The smallest absolute Gasteiger partial charge is 0.119 e. The van der Waals surface area contributed by atoms with Crippen LogP contribution >= 0.6 is 0 Å². The van der Waals surface area contributed by atoms with Gasteiger partial charge in [-0.25, -0.2) is 0 Å². The van der Waals surface area contributed by atoms with Crippen molar-refractivity contribution in [3.05, 3.63) is 36.1 Å². The SMILES string of the molecule is C=C/C(=C\C=C(C)C)OC(C)(C)CC. The molecule has 0 aliphatic carbocycles. The second-order valence-electron chi connectivity index (χ2n) is 4.23. The molecule has 0 radical (unpaired) electrons. The van der Waals surface area contributed by atoms with Crippen LogP contribution in [0.25, 0.3) is 0 Å². The highest BCUT2D eigenvalue weighted by Gasteiger charge is 2.16. The zero-order chi connectivity index (χ0) is 11.2. The summed E-state index contributed by atoms with van der Waals surface area (Å²) in [6.45, 7) is 14.1. The van der Waals surface area contributed by atoms with Crippen molar-refractivity contribution in [3.8, 4) is 0 Å². The van der Waals surface area contributed by atoms with Crippen molar-refractivity contribution in [2.75, 3.05) is 0 Å². The maximum Gasteiger partial charge on any atom is 0.119 e. The Morgan fingerprint density at radius 1 is 1.29 bits per heavy atom. The van der Waals surface area contributed by atoms with E-state index in [2.05, 4.69) is 41.2 Å². The molecule has 0 aromatic rings. The first-order valence-electron chi connectivity index (χ1n) is 5.08. The summed E-state index contributed by atoms with van der Waals surface area (Å²) in [4.78, 5) is 0. The van der Waals surface area contributed by atoms with Crippen LogP contribution < -0.4 is 0 Å². The Morgan fingerprint density at radius 2 is 1.86 bits per heavy atom. The minimum Gasteiger partial charge on any atom is -0.488 e. The van der Waals surface area contributed by atoms with Crippen LogP contribution in [0.2, 0.25) is 0 Å². The molecular weight excluding hydrogens is 172 g/mol. The van der Waals surface area contributed by atoms with Crippen molar-refractivity contribution in [2.45, 2.75) is 46.6 Å². The van der Waals surface area contributed by atoms with Crippen LogP contribution in [0.5, 0.6) is 0 Å². The van der Waals surface area contributed by atoms with Gasteiger partial charge in [-0.1, -0.05) is 25.2 Å². The summed E-state index contributed by atoms with van der Waals surface area (Å²) in [6, 6.07) is 0. The summed E-state index contributed by atoms with van der Waals surface area (Å²) in [5.41, 5.74) is 1.14. The van der Waals surface area contributed by atoms with Gasteiger partial charge in [-0.2, -0.15) is 0 Å². The van der Waals surface area contributed by atoms with E-state index in [1.165, 1.54) is 5.57 Å². The van der Waals surface area contributed by atoms with Crippen molar-refractivity contribution in [2.24, 2.45) is 0 Å². The van der Waals surface area contributed by atoms with Gasteiger partial charge in [0, 0.05) is 0 Å². The van der Waals surface area contributed by atoms with Crippen LogP contribution in [0.3, 0.4) is 0 Å². The normalized spacial score (nSPS) is 12.2. The van der Waals surface area contributed by atoms with Crippen molar-refractivity contribution in [1.82, 2.24) is 0 Å². The Balaban J connectivity index is 4.52. The molecule has 0 amide bonds. The maximum atomic E-state index is 5.79. The summed E-state index contributed by atoms with van der Waals surface area (Å²) < 4.78 is 5.79.